The maximum atomic E-state index is 12.6. The lowest BCUT2D eigenvalue weighted by atomic mass is 10.0. The maximum Gasteiger partial charge on any atom is 0.254 e. The molecule has 4 rings (SSSR count). The molecule has 2 aromatic rings. The topological polar surface area (TPSA) is 134 Å². The standard InChI is InChI=1S/C18H16ClN7O3/c19-14-7-21-18(23-12-3-4-29-22-6-12)24-16(14)10-1-2-11-8-26(9-15(27)25-20)17(28)13(11)5-10/h1-7,22H,8-9,20H2,(H,25,27)(H,21,23,24). The molecule has 0 saturated carbocycles. The normalized spacial score (nSPS) is 14.6. The number of aromatic nitrogens is 2. The lowest BCUT2D eigenvalue weighted by molar-refractivity contribution is -0.121. The molecule has 0 atom stereocenters. The Morgan fingerprint density at radius 2 is 2.28 bits per heavy atom. The molecule has 0 unspecified atom stereocenters. The van der Waals surface area contributed by atoms with Crippen molar-refractivity contribution >= 4 is 29.4 Å². The van der Waals surface area contributed by atoms with Crippen molar-refractivity contribution in [2.24, 2.45) is 5.84 Å². The summed E-state index contributed by atoms with van der Waals surface area (Å²) in [6.45, 7) is 0.226. The van der Waals surface area contributed by atoms with E-state index in [1.165, 1.54) is 17.4 Å². The average Bonchev–Trinajstić information content (AvgIpc) is 3.05. The smallest absolute Gasteiger partial charge is 0.254 e. The van der Waals surface area contributed by atoms with E-state index >= 15 is 0 Å². The van der Waals surface area contributed by atoms with Crippen molar-refractivity contribution < 1.29 is 14.4 Å². The Hall–Kier alpha value is -3.63. The fraction of sp³-hybridized carbons (Fsp3) is 0.111. The Labute approximate surface area is 170 Å². The number of fused-ring (bicyclic) bond motifs is 1. The van der Waals surface area contributed by atoms with E-state index in [-0.39, 0.29) is 12.5 Å². The second kappa shape index (κ2) is 7.78. The first-order valence-corrected chi connectivity index (χ1v) is 8.92. The molecule has 2 aliphatic rings. The molecule has 148 valence electrons. The number of rotatable bonds is 5. The zero-order valence-corrected chi connectivity index (χ0v) is 15.7. The summed E-state index contributed by atoms with van der Waals surface area (Å²) < 4.78 is 0. The van der Waals surface area contributed by atoms with E-state index in [0.717, 1.165) is 5.56 Å². The summed E-state index contributed by atoms with van der Waals surface area (Å²) in [4.78, 5) is 39.1. The van der Waals surface area contributed by atoms with E-state index in [2.05, 4.69) is 20.8 Å². The Morgan fingerprint density at radius 1 is 1.41 bits per heavy atom. The summed E-state index contributed by atoms with van der Waals surface area (Å²) in [5.41, 5.74) is 7.77. The van der Waals surface area contributed by atoms with Crippen molar-refractivity contribution in [1.29, 1.82) is 0 Å². The molecule has 11 heteroatoms. The van der Waals surface area contributed by atoms with Gasteiger partial charge in [0.05, 0.1) is 28.8 Å². The number of hydroxylamine groups is 1. The van der Waals surface area contributed by atoms with Gasteiger partial charge in [-0.2, -0.15) is 0 Å². The summed E-state index contributed by atoms with van der Waals surface area (Å²) in [5, 5.41) is 3.38. The zero-order chi connectivity index (χ0) is 20.4. The average molecular weight is 414 g/mol. The first-order valence-electron chi connectivity index (χ1n) is 8.54. The lowest BCUT2D eigenvalue weighted by Gasteiger charge is -2.13. The van der Waals surface area contributed by atoms with Gasteiger partial charge in [-0.15, -0.1) is 0 Å². The van der Waals surface area contributed by atoms with Crippen LogP contribution in [0.1, 0.15) is 15.9 Å². The molecule has 2 aliphatic heterocycles. The van der Waals surface area contributed by atoms with Crippen molar-refractivity contribution in [1.82, 2.24) is 25.8 Å². The number of nitrogens with two attached hydrogens (primary N) is 1. The van der Waals surface area contributed by atoms with Gasteiger partial charge in [0.1, 0.15) is 12.8 Å². The molecule has 0 radical (unpaired) electrons. The number of carbonyl (C=O) groups is 2. The van der Waals surface area contributed by atoms with Crippen LogP contribution in [-0.4, -0.2) is 33.2 Å². The number of allylic oxidation sites excluding steroid dienone is 1. The van der Waals surface area contributed by atoms with Gasteiger partial charge in [0.2, 0.25) is 5.95 Å². The van der Waals surface area contributed by atoms with Gasteiger partial charge >= 0.3 is 0 Å². The molecule has 29 heavy (non-hydrogen) atoms. The highest BCUT2D eigenvalue weighted by Gasteiger charge is 2.29. The number of nitrogens with one attached hydrogen (secondary N) is 3. The summed E-state index contributed by atoms with van der Waals surface area (Å²) in [6.07, 6.45) is 6.27. The number of halogens is 1. The van der Waals surface area contributed by atoms with Crippen LogP contribution in [0, 0.1) is 0 Å². The van der Waals surface area contributed by atoms with Gasteiger partial charge in [0.25, 0.3) is 11.8 Å². The van der Waals surface area contributed by atoms with Gasteiger partial charge in [0.15, 0.2) is 0 Å². The van der Waals surface area contributed by atoms with Crippen molar-refractivity contribution in [3.8, 4) is 11.3 Å². The predicted molar refractivity (Wildman–Crippen MR) is 105 cm³/mol. The number of carbonyl (C=O) groups excluding carboxylic acids is 2. The van der Waals surface area contributed by atoms with E-state index in [1.807, 2.05) is 17.6 Å². The number of anilines is 1. The van der Waals surface area contributed by atoms with Crippen LogP contribution < -0.4 is 22.1 Å². The summed E-state index contributed by atoms with van der Waals surface area (Å²) in [6, 6.07) is 5.36. The summed E-state index contributed by atoms with van der Waals surface area (Å²) in [7, 11) is 0. The second-order valence-corrected chi connectivity index (χ2v) is 6.66. The molecule has 3 heterocycles. The van der Waals surface area contributed by atoms with Gasteiger partial charge in [-0.25, -0.2) is 21.3 Å². The largest absolute Gasteiger partial charge is 0.390 e. The van der Waals surface area contributed by atoms with E-state index in [9.17, 15) is 9.59 Å². The minimum Gasteiger partial charge on any atom is -0.390 e. The molecule has 1 aromatic heterocycles. The molecule has 1 aromatic carbocycles. The van der Waals surface area contributed by atoms with Crippen LogP contribution in [0.15, 0.2) is 48.6 Å². The van der Waals surface area contributed by atoms with Gasteiger partial charge in [-0.3, -0.25) is 15.0 Å². The molecule has 0 saturated heterocycles. The minimum atomic E-state index is -0.438. The first kappa shape index (κ1) is 18.7. The van der Waals surface area contributed by atoms with Gasteiger partial charge in [0, 0.05) is 23.7 Å². The SMILES string of the molecule is NNC(=O)CN1Cc2ccc(-c3nc(NC4=CNOC=C4)ncc3Cl)cc2C1=O. The summed E-state index contributed by atoms with van der Waals surface area (Å²) >= 11 is 6.30. The van der Waals surface area contributed by atoms with Crippen LogP contribution in [-0.2, 0) is 16.2 Å². The molecule has 5 N–H and O–H groups in total. The quantitative estimate of drug-likeness (QED) is 0.324. The molecule has 0 spiro atoms. The van der Waals surface area contributed by atoms with E-state index in [4.69, 9.17) is 22.3 Å². The second-order valence-electron chi connectivity index (χ2n) is 6.25. The molecular formula is C18H16ClN7O3. The van der Waals surface area contributed by atoms with E-state index < -0.39 is 5.91 Å². The molecule has 2 amide bonds. The Morgan fingerprint density at radius 3 is 3.03 bits per heavy atom. The number of hydrogen-bond donors (Lipinski definition) is 4. The van der Waals surface area contributed by atoms with Crippen LogP contribution in [0.25, 0.3) is 11.3 Å². The zero-order valence-electron chi connectivity index (χ0n) is 15.0. The van der Waals surface area contributed by atoms with Crippen LogP contribution in [0.2, 0.25) is 5.02 Å². The number of hydrogen-bond acceptors (Lipinski definition) is 8. The Kier molecular flexibility index (Phi) is 5.02. The minimum absolute atomic E-state index is 0.109. The van der Waals surface area contributed by atoms with Crippen molar-refractivity contribution in [2.45, 2.75) is 6.54 Å². The predicted octanol–water partition coefficient (Wildman–Crippen LogP) is 1.04. The van der Waals surface area contributed by atoms with E-state index in [1.54, 1.807) is 18.3 Å². The van der Waals surface area contributed by atoms with Gasteiger partial charge in [-0.05, 0) is 11.6 Å². The fourth-order valence-corrected chi connectivity index (χ4v) is 3.18. The maximum absolute atomic E-state index is 12.6. The highest BCUT2D eigenvalue weighted by atomic mass is 35.5. The van der Waals surface area contributed by atoms with Crippen LogP contribution in [0.4, 0.5) is 5.95 Å². The van der Waals surface area contributed by atoms with Gasteiger partial charge in [-0.1, -0.05) is 23.7 Å². The van der Waals surface area contributed by atoms with Crippen molar-refractivity contribution in [3.63, 3.8) is 0 Å². The number of amides is 2. The lowest BCUT2D eigenvalue weighted by Crippen LogP contribution is -2.40. The van der Waals surface area contributed by atoms with Crippen LogP contribution in [0.5, 0.6) is 0 Å². The third-order valence-electron chi connectivity index (χ3n) is 4.36. The highest BCUT2D eigenvalue weighted by Crippen LogP contribution is 2.31. The van der Waals surface area contributed by atoms with Crippen LogP contribution in [0.3, 0.4) is 0 Å². The van der Waals surface area contributed by atoms with Crippen molar-refractivity contribution in [2.75, 3.05) is 11.9 Å². The number of nitrogens with zero attached hydrogens (tertiary/aromatic N) is 3. The van der Waals surface area contributed by atoms with Crippen molar-refractivity contribution in [3.05, 3.63) is 64.8 Å². The molecule has 0 fully saturated rings. The van der Waals surface area contributed by atoms with Crippen LogP contribution >= 0.6 is 11.6 Å². The van der Waals surface area contributed by atoms with Gasteiger partial charge < -0.3 is 15.1 Å². The third kappa shape index (κ3) is 3.84. The van der Waals surface area contributed by atoms with E-state index in [0.29, 0.717) is 40.0 Å². The molecule has 10 nitrogen and oxygen atoms in total. The monoisotopic (exact) mass is 413 g/mol. The molecule has 0 bridgehead atoms. The molecular weight excluding hydrogens is 398 g/mol. The summed E-state index contributed by atoms with van der Waals surface area (Å²) in [5.74, 6) is 4.75. The number of benzene rings is 1. The molecule has 0 aliphatic carbocycles. The number of hydrazine groups is 1. The Bertz CT molecular complexity index is 1050. The fourth-order valence-electron chi connectivity index (χ4n) is 2.98. The first-order chi connectivity index (χ1) is 14.0. The Balaban J connectivity index is 1.61. The third-order valence-corrected chi connectivity index (χ3v) is 4.63. The highest BCUT2D eigenvalue weighted by molar-refractivity contribution is 6.33.